The van der Waals surface area contributed by atoms with Crippen molar-refractivity contribution >= 4 is 5.91 Å². The summed E-state index contributed by atoms with van der Waals surface area (Å²) in [5, 5.41) is 0. The molecule has 0 aliphatic rings. The number of halogens is 1. The Labute approximate surface area is 130 Å². The Kier molecular flexibility index (Phi) is 4.93. The van der Waals surface area contributed by atoms with E-state index < -0.39 is 5.54 Å². The van der Waals surface area contributed by atoms with Crippen LogP contribution in [0.2, 0.25) is 0 Å². The van der Waals surface area contributed by atoms with Gasteiger partial charge in [-0.05, 0) is 36.6 Å². The van der Waals surface area contributed by atoms with Gasteiger partial charge in [0.2, 0.25) is 5.91 Å². The average molecular weight is 300 g/mol. The van der Waals surface area contributed by atoms with Gasteiger partial charge in [0.15, 0.2) is 0 Å². The average Bonchev–Trinajstić information content (AvgIpc) is 2.54. The van der Waals surface area contributed by atoms with Gasteiger partial charge in [-0.15, -0.1) is 0 Å². The van der Waals surface area contributed by atoms with Crippen LogP contribution in [0.3, 0.4) is 0 Å². The second-order valence-corrected chi connectivity index (χ2v) is 5.67. The Morgan fingerprint density at radius 1 is 1.14 bits per heavy atom. The minimum Gasteiger partial charge on any atom is -0.344 e. The van der Waals surface area contributed by atoms with E-state index in [0.29, 0.717) is 13.0 Å². The molecule has 4 heteroatoms. The van der Waals surface area contributed by atoms with Crippen molar-refractivity contribution in [3.05, 3.63) is 71.5 Å². The van der Waals surface area contributed by atoms with E-state index in [2.05, 4.69) is 0 Å². The molecular weight excluding hydrogens is 279 g/mol. The fourth-order valence-corrected chi connectivity index (χ4v) is 2.35. The first kappa shape index (κ1) is 16.2. The SMILES string of the molecule is CN(CCc1ccc(F)cc1)C(=O)C(C)(N)c1ccccc1. The molecule has 2 rings (SSSR count). The number of amides is 1. The highest BCUT2D eigenvalue weighted by molar-refractivity contribution is 5.86. The van der Waals surface area contributed by atoms with Crippen LogP contribution in [0, 0.1) is 5.82 Å². The molecule has 0 fully saturated rings. The van der Waals surface area contributed by atoms with E-state index in [0.717, 1.165) is 11.1 Å². The Hall–Kier alpha value is -2.20. The van der Waals surface area contributed by atoms with Crippen LogP contribution in [0.5, 0.6) is 0 Å². The molecule has 0 aliphatic heterocycles. The zero-order valence-electron chi connectivity index (χ0n) is 12.9. The number of benzene rings is 2. The first-order chi connectivity index (χ1) is 10.4. The monoisotopic (exact) mass is 300 g/mol. The molecule has 0 saturated carbocycles. The van der Waals surface area contributed by atoms with Crippen LogP contribution in [0.15, 0.2) is 54.6 Å². The van der Waals surface area contributed by atoms with E-state index in [9.17, 15) is 9.18 Å². The maximum Gasteiger partial charge on any atom is 0.246 e. The van der Waals surface area contributed by atoms with Crippen molar-refractivity contribution in [1.82, 2.24) is 4.90 Å². The van der Waals surface area contributed by atoms with Crippen LogP contribution in [-0.4, -0.2) is 24.4 Å². The summed E-state index contributed by atoms with van der Waals surface area (Å²) in [6.07, 6.45) is 0.660. The highest BCUT2D eigenvalue weighted by Crippen LogP contribution is 2.20. The Morgan fingerprint density at radius 3 is 2.32 bits per heavy atom. The maximum absolute atomic E-state index is 12.9. The molecule has 0 radical (unpaired) electrons. The van der Waals surface area contributed by atoms with E-state index in [1.165, 1.54) is 12.1 Å². The molecule has 0 saturated heterocycles. The van der Waals surface area contributed by atoms with E-state index in [1.807, 2.05) is 30.3 Å². The van der Waals surface area contributed by atoms with E-state index in [-0.39, 0.29) is 11.7 Å². The topological polar surface area (TPSA) is 46.3 Å². The molecule has 2 N–H and O–H groups in total. The van der Waals surface area contributed by atoms with E-state index >= 15 is 0 Å². The molecule has 0 spiro atoms. The van der Waals surface area contributed by atoms with Gasteiger partial charge in [-0.2, -0.15) is 0 Å². The lowest BCUT2D eigenvalue weighted by atomic mass is 9.91. The first-order valence-electron chi connectivity index (χ1n) is 7.25. The number of hydrogen-bond acceptors (Lipinski definition) is 2. The van der Waals surface area contributed by atoms with Crippen molar-refractivity contribution < 1.29 is 9.18 Å². The summed E-state index contributed by atoms with van der Waals surface area (Å²) in [5.41, 5.74) is 6.95. The first-order valence-corrected chi connectivity index (χ1v) is 7.25. The van der Waals surface area contributed by atoms with Crippen molar-refractivity contribution in [3.63, 3.8) is 0 Å². The summed E-state index contributed by atoms with van der Waals surface area (Å²) < 4.78 is 12.9. The van der Waals surface area contributed by atoms with Crippen LogP contribution >= 0.6 is 0 Å². The van der Waals surface area contributed by atoms with Crippen molar-refractivity contribution in [2.24, 2.45) is 5.73 Å². The van der Waals surface area contributed by atoms with Gasteiger partial charge in [-0.1, -0.05) is 42.5 Å². The highest BCUT2D eigenvalue weighted by atomic mass is 19.1. The molecule has 1 unspecified atom stereocenters. The number of nitrogens with zero attached hydrogens (tertiary/aromatic N) is 1. The number of hydrogen-bond donors (Lipinski definition) is 1. The van der Waals surface area contributed by atoms with Crippen LogP contribution in [0.4, 0.5) is 4.39 Å². The minimum atomic E-state index is -1.06. The van der Waals surface area contributed by atoms with Crippen molar-refractivity contribution in [1.29, 1.82) is 0 Å². The smallest absolute Gasteiger partial charge is 0.246 e. The highest BCUT2D eigenvalue weighted by Gasteiger charge is 2.32. The van der Waals surface area contributed by atoms with Gasteiger partial charge in [-0.25, -0.2) is 4.39 Å². The third-order valence-corrected chi connectivity index (χ3v) is 3.81. The van der Waals surface area contributed by atoms with Crippen LogP contribution in [0.1, 0.15) is 18.1 Å². The second kappa shape index (κ2) is 6.71. The molecule has 1 atom stereocenters. The van der Waals surface area contributed by atoms with Crippen molar-refractivity contribution in [3.8, 4) is 0 Å². The predicted molar refractivity (Wildman–Crippen MR) is 85.7 cm³/mol. The number of likely N-dealkylation sites (N-methyl/N-ethyl adjacent to an activating group) is 1. The molecular formula is C18H21FN2O. The molecule has 0 aromatic heterocycles. The molecule has 0 aliphatic carbocycles. The fraction of sp³-hybridized carbons (Fsp3) is 0.278. The zero-order chi connectivity index (χ0) is 16.2. The van der Waals surface area contributed by atoms with Gasteiger partial charge in [-0.3, -0.25) is 4.79 Å². The van der Waals surface area contributed by atoms with E-state index in [4.69, 9.17) is 5.73 Å². The Balaban J connectivity index is 2.01. The van der Waals surface area contributed by atoms with Crippen LogP contribution in [-0.2, 0) is 16.8 Å². The molecule has 2 aromatic carbocycles. The summed E-state index contributed by atoms with van der Waals surface area (Å²) in [7, 11) is 1.74. The molecule has 0 heterocycles. The third kappa shape index (κ3) is 3.71. The van der Waals surface area contributed by atoms with Gasteiger partial charge in [0.05, 0.1) is 0 Å². The van der Waals surface area contributed by atoms with Crippen LogP contribution < -0.4 is 5.73 Å². The van der Waals surface area contributed by atoms with Crippen molar-refractivity contribution in [2.45, 2.75) is 18.9 Å². The lowest BCUT2D eigenvalue weighted by Gasteiger charge is -2.29. The number of nitrogens with two attached hydrogens (primary N) is 1. The predicted octanol–water partition coefficient (Wildman–Crippen LogP) is 2.70. The standard InChI is InChI=1S/C18H21FN2O/c1-18(20,15-6-4-3-5-7-15)17(22)21(2)13-12-14-8-10-16(19)11-9-14/h3-11H,12-13,20H2,1-2H3. The van der Waals surface area contributed by atoms with E-state index in [1.54, 1.807) is 31.0 Å². The summed E-state index contributed by atoms with van der Waals surface area (Å²) >= 11 is 0. The Morgan fingerprint density at radius 2 is 1.73 bits per heavy atom. The zero-order valence-corrected chi connectivity index (χ0v) is 12.9. The molecule has 2 aromatic rings. The summed E-state index contributed by atoms with van der Waals surface area (Å²) in [4.78, 5) is 14.2. The third-order valence-electron chi connectivity index (χ3n) is 3.81. The summed E-state index contributed by atoms with van der Waals surface area (Å²) in [6.45, 7) is 2.25. The molecule has 22 heavy (non-hydrogen) atoms. The quantitative estimate of drug-likeness (QED) is 0.923. The second-order valence-electron chi connectivity index (χ2n) is 5.67. The van der Waals surface area contributed by atoms with Crippen LogP contribution in [0.25, 0.3) is 0 Å². The molecule has 0 bridgehead atoms. The van der Waals surface area contributed by atoms with Gasteiger partial charge < -0.3 is 10.6 Å². The van der Waals surface area contributed by atoms with Gasteiger partial charge >= 0.3 is 0 Å². The lowest BCUT2D eigenvalue weighted by Crippen LogP contribution is -2.50. The fourth-order valence-electron chi connectivity index (χ4n) is 2.35. The summed E-state index contributed by atoms with van der Waals surface area (Å²) in [5.74, 6) is -0.396. The van der Waals surface area contributed by atoms with Crippen molar-refractivity contribution in [2.75, 3.05) is 13.6 Å². The molecule has 116 valence electrons. The van der Waals surface area contributed by atoms with Gasteiger partial charge in [0.1, 0.15) is 11.4 Å². The lowest BCUT2D eigenvalue weighted by molar-refractivity contribution is -0.135. The normalized spacial score (nSPS) is 13.5. The number of carbonyl (C=O) groups is 1. The van der Waals surface area contributed by atoms with Gasteiger partial charge in [0.25, 0.3) is 0 Å². The number of rotatable bonds is 5. The number of carbonyl (C=O) groups excluding carboxylic acids is 1. The maximum atomic E-state index is 12.9. The van der Waals surface area contributed by atoms with Gasteiger partial charge in [0, 0.05) is 13.6 Å². The Bertz CT molecular complexity index is 623. The minimum absolute atomic E-state index is 0.138. The summed E-state index contributed by atoms with van der Waals surface area (Å²) in [6, 6.07) is 15.6. The largest absolute Gasteiger partial charge is 0.344 e. The molecule has 3 nitrogen and oxygen atoms in total. The molecule has 1 amide bonds.